The van der Waals surface area contributed by atoms with E-state index in [0.717, 1.165) is 16.7 Å². The molecule has 0 aromatic heterocycles. The van der Waals surface area contributed by atoms with Gasteiger partial charge in [-0.05, 0) is 56.0 Å². The lowest BCUT2D eigenvalue weighted by Gasteiger charge is -2.34. The van der Waals surface area contributed by atoms with E-state index in [1.54, 1.807) is 40.0 Å². The highest BCUT2D eigenvalue weighted by molar-refractivity contribution is 5.82. The molecule has 1 aliphatic rings. The van der Waals surface area contributed by atoms with Gasteiger partial charge in [0, 0.05) is 13.5 Å². The molecule has 1 heterocycles. The van der Waals surface area contributed by atoms with Crippen molar-refractivity contribution in [1.82, 2.24) is 10.2 Å². The van der Waals surface area contributed by atoms with Gasteiger partial charge in [-0.1, -0.05) is 36.4 Å². The van der Waals surface area contributed by atoms with Crippen molar-refractivity contribution in [2.75, 3.05) is 26.8 Å². The lowest BCUT2D eigenvalue weighted by atomic mass is 10.00. The minimum Gasteiger partial charge on any atom is -0.444 e. The van der Waals surface area contributed by atoms with Crippen molar-refractivity contribution in [3.8, 4) is 23.3 Å². The first kappa shape index (κ1) is 28.6. The molecule has 9 heteroatoms. The van der Waals surface area contributed by atoms with Gasteiger partial charge in [0.2, 0.25) is 0 Å². The Bertz CT molecular complexity index is 1180. The Kier molecular flexibility index (Phi) is 9.84. The Morgan fingerprint density at radius 3 is 2.26 bits per heavy atom. The molecule has 1 fully saturated rings. The summed E-state index contributed by atoms with van der Waals surface area (Å²) >= 11 is 0. The van der Waals surface area contributed by atoms with Crippen LogP contribution >= 0.6 is 0 Å². The number of nitrogens with zero attached hydrogens (tertiary/aromatic N) is 3. The van der Waals surface area contributed by atoms with Crippen LogP contribution in [0.1, 0.15) is 38.3 Å². The van der Waals surface area contributed by atoms with Crippen LogP contribution < -0.4 is 5.32 Å². The highest BCUT2D eigenvalue weighted by Crippen LogP contribution is 2.21. The fourth-order valence-corrected chi connectivity index (χ4v) is 4.03. The van der Waals surface area contributed by atoms with Gasteiger partial charge in [0.15, 0.2) is 6.10 Å². The maximum Gasteiger partial charge on any atom is 0.410 e. The molecular weight excluding hydrogens is 484 g/mol. The Labute approximate surface area is 223 Å². The summed E-state index contributed by atoms with van der Waals surface area (Å²) in [6, 6.07) is 18.5. The van der Waals surface area contributed by atoms with E-state index in [-0.39, 0.29) is 25.8 Å². The lowest BCUT2D eigenvalue weighted by molar-refractivity contribution is -0.137. The zero-order valence-electron chi connectivity index (χ0n) is 22.3. The summed E-state index contributed by atoms with van der Waals surface area (Å²) in [5.41, 5.74) is 2.75. The number of hydrogen-bond acceptors (Lipinski definition) is 7. The van der Waals surface area contributed by atoms with Crippen molar-refractivity contribution in [3.05, 3.63) is 59.7 Å². The maximum atomic E-state index is 13.1. The van der Waals surface area contributed by atoms with Gasteiger partial charge in [-0.2, -0.15) is 10.5 Å². The van der Waals surface area contributed by atoms with Gasteiger partial charge in [-0.25, -0.2) is 4.79 Å². The lowest BCUT2D eigenvalue weighted by Crippen LogP contribution is -2.53. The minimum atomic E-state index is -0.949. The summed E-state index contributed by atoms with van der Waals surface area (Å²) in [6.07, 6.45) is -0.931. The maximum absolute atomic E-state index is 13.1. The van der Waals surface area contributed by atoms with Crippen molar-refractivity contribution in [2.45, 2.75) is 57.5 Å². The predicted octanol–water partition coefficient (Wildman–Crippen LogP) is 3.82. The van der Waals surface area contributed by atoms with Gasteiger partial charge >= 0.3 is 6.09 Å². The van der Waals surface area contributed by atoms with Crippen molar-refractivity contribution in [1.29, 1.82) is 10.5 Å². The van der Waals surface area contributed by atoms with Crippen LogP contribution in [0.25, 0.3) is 11.1 Å². The highest BCUT2D eigenvalue weighted by atomic mass is 16.6. The molecule has 2 aromatic carbocycles. The van der Waals surface area contributed by atoms with Crippen molar-refractivity contribution < 1.29 is 23.8 Å². The summed E-state index contributed by atoms with van der Waals surface area (Å²) in [6.45, 7) is 5.87. The third kappa shape index (κ3) is 8.31. The molecule has 3 atom stereocenters. The quantitative estimate of drug-likeness (QED) is 0.616. The third-order valence-corrected chi connectivity index (χ3v) is 6.06. The second-order valence-corrected chi connectivity index (χ2v) is 10.2. The second kappa shape index (κ2) is 13.0. The fraction of sp³-hybridized carbons (Fsp3) is 0.448. The number of benzene rings is 2. The molecule has 3 rings (SSSR count). The Morgan fingerprint density at radius 1 is 1.08 bits per heavy atom. The van der Waals surface area contributed by atoms with Gasteiger partial charge in [-0.15, -0.1) is 0 Å². The Morgan fingerprint density at radius 2 is 1.71 bits per heavy atom. The molecule has 2 aromatic rings. The highest BCUT2D eigenvalue weighted by Gasteiger charge is 2.33. The average Bonchev–Trinajstić information content (AvgIpc) is 2.87. The number of carbonyl (C=O) groups is 2. The number of amides is 2. The molecule has 38 heavy (non-hydrogen) atoms. The number of methoxy groups -OCH3 is 1. The molecule has 0 aliphatic carbocycles. The monoisotopic (exact) mass is 518 g/mol. The normalized spacial score (nSPS) is 18.7. The largest absolute Gasteiger partial charge is 0.444 e. The van der Waals surface area contributed by atoms with E-state index in [1.807, 2.05) is 36.4 Å². The molecule has 1 N–H and O–H groups in total. The van der Waals surface area contributed by atoms with Gasteiger partial charge in [0.05, 0.1) is 43.5 Å². The Hall–Kier alpha value is -3.92. The van der Waals surface area contributed by atoms with E-state index in [2.05, 4.69) is 17.5 Å². The third-order valence-electron chi connectivity index (χ3n) is 6.06. The number of carbonyl (C=O) groups excluding carboxylic acids is 2. The van der Waals surface area contributed by atoms with Crippen molar-refractivity contribution in [2.24, 2.45) is 0 Å². The summed E-state index contributed by atoms with van der Waals surface area (Å²) in [4.78, 5) is 27.3. The minimum absolute atomic E-state index is 0.0158. The van der Waals surface area contributed by atoms with E-state index in [9.17, 15) is 14.9 Å². The standard InChI is InChI=1S/C29H34N4O5/c1-29(2,3)38-28(35)33-18-25(36-4)13-14-37-26(19-33)27(34)32-24(17-31)15-20-5-9-22(10-6-20)23-11-7-21(16-30)8-12-23/h5-12,24-26H,13-15,18-19H2,1-4H3,(H,32,34)/t24-,25-,26-/m0/s1. The van der Waals surface area contributed by atoms with E-state index in [0.29, 0.717) is 18.4 Å². The van der Waals surface area contributed by atoms with Crippen LogP contribution in [-0.4, -0.2) is 67.6 Å². The summed E-state index contributed by atoms with van der Waals surface area (Å²) < 4.78 is 16.7. The SMILES string of the molecule is CO[C@H]1CCO[C@H](C(=O)N[C@H](C#N)Cc2ccc(-c3ccc(C#N)cc3)cc2)CN(C(=O)OC(C)(C)C)C1. The Balaban J connectivity index is 1.64. The van der Waals surface area contributed by atoms with E-state index in [4.69, 9.17) is 19.5 Å². The van der Waals surface area contributed by atoms with Crippen LogP contribution in [0.3, 0.4) is 0 Å². The first-order valence-electron chi connectivity index (χ1n) is 12.5. The molecule has 0 spiro atoms. The molecular formula is C29H34N4O5. The van der Waals surface area contributed by atoms with Crippen LogP contribution in [0.15, 0.2) is 48.5 Å². The molecule has 0 bridgehead atoms. The van der Waals surface area contributed by atoms with E-state index >= 15 is 0 Å². The van der Waals surface area contributed by atoms with E-state index in [1.165, 1.54) is 4.90 Å². The molecule has 1 aliphatic heterocycles. The van der Waals surface area contributed by atoms with Crippen LogP contribution in [0, 0.1) is 22.7 Å². The molecule has 2 amide bonds. The van der Waals surface area contributed by atoms with Gasteiger partial charge < -0.3 is 24.4 Å². The molecule has 0 saturated carbocycles. The molecule has 1 saturated heterocycles. The van der Waals surface area contributed by atoms with Crippen LogP contribution in [0.4, 0.5) is 4.79 Å². The number of hydrogen-bond donors (Lipinski definition) is 1. The van der Waals surface area contributed by atoms with Crippen LogP contribution in [0.2, 0.25) is 0 Å². The van der Waals surface area contributed by atoms with Crippen molar-refractivity contribution >= 4 is 12.0 Å². The zero-order chi connectivity index (χ0) is 27.7. The van der Waals surface area contributed by atoms with Gasteiger partial charge in [0.1, 0.15) is 11.6 Å². The summed E-state index contributed by atoms with van der Waals surface area (Å²) in [5.74, 6) is -0.463. The first-order chi connectivity index (χ1) is 18.1. The number of ether oxygens (including phenoxy) is 3. The first-order valence-corrected chi connectivity index (χ1v) is 12.5. The summed E-state index contributed by atoms with van der Waals surface area (Å²) in [5, 5.41) is 21.4. The van der Waals surface area contributed by atoms with Crippen LogP contribution in [0.5, 0.6) is 0 Å². The zero-order valence-corrected chi connectivity index (χ0v) is 22.3. The molecule has 200 valence electrons. The molecule has 9 nitrogen and oxygen atoms in total. The van der Waals surface area contributed by atoms with Gasteiger partial charge in [0.25, 0.3) is 5.91 Å². The smallest absolute Gasteiger partial charge is 0.410 e. The predicted molar refractivity (Wildman–Crippen MR) is 141 cm³/mol. The average molecular weight is 519 g/mol. The van der Waals surface area contributed by atoms with Gasteiger partial charge in [-0.3, -0.25) is 4.79 Å². The number of rotatable bonds is 6. The summed E-state index contributed by atoms with van der Waals surface area (Å²) in [7, 11) is 1.57. The number of nitrogens with one attached hydrogen (secondary N) is 1. The molecule has 0 unspecified atom stereocenters. The van der Waals surface area contributed by atoms with E-state index < -0.39 is 29.7 Å². The number of nitriles is 2. The van der Waals surface area contributed by atoms with Crippen molar-refractivity contribution in [3.63, 3.8) is 0 Å². The molecule has 0 radical (unpaired) electrons. The topological polar surface area (TPSA) is 125 Å². The van der Waals surface area contributed by atoms with Crippen LogP contribution in [-0.2, 0) is 25.4 Å². The second-order valence-electron chi connectivity index (χ2n) is 10.2. The fourth-order valence-electron chi connectivity index (χ4n) is 4.03.